The molecule has 0 amide bonds. The molecule has 0 aromatic heterocycles. The molecular formula is C24H28O. The summed E-state index contributed by atoms with van der Waals surface area (Å²) in [6.45, 7) is 9.66. The maximum absolute atomic E-state index is 9.78. The maximum atomic E-state index is 9.78. The lowest BCUT2D eigenvalue weighted by Gasteiger charge is -2.20. The van der Waals surface area contributed by atoms with Crippen molar-refractivity contribution in [3.05, 3.63) is 91.0 Å². The molecule has 0 bridgehead atoms. The first-order chi connectivity index (χ1) is 11.8. The van der Waals surface area contributed by atoms with Gasteiger partial charge in [-0.05, 0) is 37.0 Å². The minimum atomic E-state index is -0.779. The standard InChI is InChI=1S/C24H28O/c1-5-24(4,18-9-17-23(2,3)25)19-16-20-12-14-22(15-13-20)21-10-7-6-8-11-21/h5-17,19,25H,1,18H2,2-4H3/b17-9+,19-16+. The van der Waals surface area contributed by atoms with Gasteiger partial charge in [-0.15, -0.1) is 6.58 Å². The molecule has 0 radical (unpaired) electrons. The topological polar surface area (TPSA) is 20.2 Å². The second-order valence-electron chi connectivity index (χ2n) is 7.29. The van der Waals surface area contributed by atoms with Gasteiger partial charge in [-0.3, -0.25) is 0 Å². The van der Waals surface area contributed by atoms with E-state index in [0.717, 1.165) is 6.42 Å². The van der Waals surface area contributed by atoms with Crippen LogP contribution in [0, 0.1) is 5.41 Å². The van der Waals surface area contributed by atoms with Gasteiger partial charge in [0.05, 0.1) is 5.60 Å². The highest BCUT2D eigenvalue weighted by Crippen LogP contribution is 2.27. The highest BCUT2D eigenvalue weighted by atomic mass is 16.3. The van der Waals surface area contributed by atoms with Crippen LogP contribution in [0.2, 0.25) is 0 Å². The van der Waals surface area contributed by atoms with Crippen molar-refractivity contribution >= 4 is 6.08 Å². The van der Waals surface area contributed by atoms with E-state index in [1.807, 2.05) is 24.3 Å². The zero-order valence-electron chi connectivity index (χ0n) is 15.4. The summed E-state index contributed by atoms with van der Waals surface area (Å²) in [7, 11) is 0. The summed E-state index contributed by atoms with van der Waals surface area (Å²) in [6.07, 6.45) is 10.9. The molecule has 2 rings (SSSR count). The summed E-state index contributed by atoms with van der Waals surface area (Å²) in [5, 5.41) is 9.78. The molecule has 0 aliphatic carbocycles. The van der Waals surface area contributed by atoms with E-state index in [-0.39, 0.29) is 5.41 Å². The molecule has 1 atom stereocenters. The Bertz CT molecular complexity index is 730. The Morgan fingerprint density at radius 2 is 1.48 bits per heavy atom. The van der Waals surface area contributed by atoms with Crippen LogP contribution in [0.3, 0.4) is 0 Å². The van der Waals surface area contributed by atoms with Crippen LogP contribution in [-0.2, 0) is 0 Å². The van der Waals surface area contributed by atoms with Gasteiger partial charge >= 0.3 is 0 Å². The van der Waals surface area contributed by atoms with Crippen molar-refractivity contribution in [3.63, 3.8) is 0 Å². The maximum Gasteiger partial charge on any atom is 0.0771 e. The fourth-order valence-corrected chi connectivity index (χ4v) is 2.52. The molecule has 0 fully saturated rings. The van der Waals surface area contributed by atoms with E-state index in [1.54, 1.807) is 13.8 Å². The fourth-order valence-electron chi connectivity index (χ4n) is 2.52. The van der Waals surface area contributed by atoms with Crippen LogP contribution in [0.25, 0.3) is 17.2 Å². The van der Waals surface area contributed by atoms with Gasteiger partial charge in [-0.2, -0.15) is 0 Å². The summed E-state index contributed by atoms with van der Waals surface area (Å²) >= 11 is 0. The SMILES string of the molecule is C=CC(C)(/C=C/c1ccc(-c2ccccc2)cc1)C/C=C/C(C)(C)O. The number of hydrogen-bond acceptors (Lipinski definition) is 1. The van der Waals surface area contributed by atoms with Gasteiger partial charge in [0.15, 0.2) is 0 Å². The molecule has 0 aliphatic rings. The van der Waals surface area contributed by atoms with Crippen LogP contribution in [-0.4, -0.2) is 10.7 Å². The molecule has 2 aromatic carbocycles. The van der Waals surface area contributed by atoms with Crippen molar-refractivity contribution in [2.75, 3.05) is 0 Å². The van der Waals surface area contributed by atoms with Gasteiger partial charge in [0.1, 0.15) is 0 Å². The number of rotatable bonds is 7. The molecule has 0 saturated carbocycles. The van der Waals surface area contributed by atoms with Crippen LogP contribution in [0.5, 0.6) is 0 Å². The van der Waals surface area contributed by atoms with Gasteiger partial charge in [0.25, 0.3) is 0 Å². The van der Waals surface area contributed by atoms with Gasteiger partial charge < -0.3 is 5.11 Å². The Morgan fingerprint density at radius 1 is 0.880 bits per heavy atom. The minimum Gasteiger partial charge on any atom is -0.386 e. The first kappa shape index (κ1) is 19.0. The summed E-state index contributed by atoms with van der Waals surface area (Å²) in [5.74, 6) is 0. The number of benzene rings is 2. The van der Waals surface area contributed by atoms with Crippen molar-refractivity contribution in [2.45, 2.75) is 32.8 Å². The number of hydrogen-bond donors (Lipinski definition) is 1. The molecule has 0 heterocycles. The van der Waals surface area contributed by atoms with Crippen LogP contribution in [0.15, 0.2) is 85.5 Å². The van der Waals surface area contributed by atoms with Crippen molar-refractivity contribution in [3.8, 4) is 11.1 Å². The first-order valence-electron chi connectivity index (χ1n) is 8.70. The highest BCUT2D eigenvalue weighted by molar-refractivity contribution is 5.65. The molecule has 0 spiro atoms. The predicted octanol–water partition coefficient (Wildman–Crippen LogP) is 6.28. The van der Waals surface area contributed by atoms with Crippen molar-refractivity contribution in [1.82, 2.24) is 0 Å². The van der Waals surface area contributed by atoms with Crippen LogP contribution in [0.4, 0.5) is 0 Å². The number of allylic oxidation sites excluding steroid dienone is 3. The first-order valence-corrected chi connectivity index (χ1v) is 8.70. The second-order valence-corrected chi connectivity index (χ2v) is 7.29. The molecule has 130 valence electrons. The molecular weight excluding hydrogens is 304 g/mol. The van der Waals surface area contributed by atoms with Gasteiger partial charge in [-0.1, -0.05) is 91.9 Å². The van der Waals surface area contributed by atoms with E-state index >= 15 is 0 Å². The van der Waals surface area contributed by atoms with Gasteiger partial charge in [0, 0.05) is 5.41 Å². The molecule has 1 N–H and O–H groups in total. The summed E-state index contributed by atoms with van der Waals surface area (Å²) in [4.78, 5) is 0. The molecule has 0 aliphatic heterocycles. The minimum absolute atomic E-state index is 0.139. The van der Waals surface area contributed by atoms with Crippen LogP contribution < -0.4 is 0 Å². The highest BCUT2D eigenvalue weighted by Gasteiger charge is 2.15. The monoisotopic (exact) mass is 332 g/mol. The molecule has 0 saturated heterocycles. The zero-order valence-corrected chi connectivity index (χ0v) is 15.4. The zero-order chi connectivity index (χ0) is 18.3. The summed E-state index contributed by atoms with van der Waals surface area (Å²) in [6, 6.07) is 18.9. The molecule has 1 nitrogen and oxygen atoms in total. The Balaban J connectivity index is 2.08. The second kappa shape index (κ2) is 8.13. The lowest BCUT2D eigenvalue weighted by molar-refractivity contribution is 0.132. The third-order valence-electron chi connectivity index (χ3n) is 4.22. The van der Waals surface area contributed by atoms with Crippen LogP contribution >= 0.6 is 0 Å². The predicted molar refractivity (Wildman–Crippen MR) is 109 cm³/mol. The van der Waals surface area contributed by atoms with E-state index < -0.39 is 5.60 Å². The molecule has 2 aromatic rings. The van der Waals surface area contributed by atoms with E-state index in [4.69, 9.17) is 0 Å². The molecule has 25 heavy (non-hydrogen) atoms. The van der Waals surface area contributed by atoms with E-state index in [2.05, 4.69) is 74.2 Å². The summed E-state index contributed by atoms with van der Waals surface area (Å²) in [5.41, 5.74) is 2.70. The lowest BCUT2D eigenvalue weighted by atomic mass is 9.85. The largest absolute Gasteiger partial charge is 0.386 e. The quantitative estimate of drug-likeness (QED) is 0.592. The Hall–Kier alpha value is -2.38. The van der Waals surface area contributed by atoms with Crippen molar-refractivity contribution in [1.29, 1.82) is 0 Å². The summed E-state index contributed by atoms with van der Waals surface area (Å²) < 4.78 is 0. The average molecular weight is 332 g/mol. The normalized spacial score (nSPS) is 14.7. The van der Waals surface area contributed by atoms with E-state index in [1.165, 1.54) is 16.7 Å². The smallest absolute Gasteiger partial charge is 0.0771 e. The van der Waals surface area contributed by atoms with Crippen molar-refractivity contribution < 1.29 is 5.11 Å². The fraction of sp³-hybridized carbons (Fsp3) is 0.250. The van der Waals surface area contributed by atoms with Gasteiger partial charge in [0.2, 0.25) is 0 Å². The average Bonchev–Trinajstić information content (AvgIpc) is 2.60. The van der Waals surface area contributed by atoms with Gasteiger partial charge in [-0.25, -0.2) is 0 Å². The molecule has 1 unspecified atom stereocenters. The molecule has 1 heteroatoms. The lowest BCUT2D eigenvalue weighted by Crippen LogP contribution is -2.14. The number of aliphatic hydroxyl groups is 1. The third-order valence-corrected chi connectivity index (χ3v) is 4.22. The Morgan fingerprint density at radius 3 is 2.04 bits per heavy atom. The third kappa shape index (κ3) is 6.21. The Labute approximate surface area is 152 Å². The van der Waals surface area contributed by atoms with E-state index in [9.17, 15) is 5.11 Å². The Kier molecular flexibility index (Phi) is 6.17. The van der Waals surface area contributed by atoms with Crippen LogP contribution in [0.1, 0.15) is 32.8 Å². The van der Waals surface area contributed by atoms with E-state index in [0.29, 0.717) is 0 Å². The van der Waals surface area contributed by atoms with Crippen molar-refractivity contribution in [2.24, 2.45) is 5.41 Å².